The monoisotopic (exact) mass is 284 g/mol. The SMILES string of the molecule is Cc1ccc(F)cc1-n1c(Cc2ccncc2)n[nH]c1=O. The van der Waals surface area contributed by atoms with Gasteiger partial charge in [-0.15, -0.1) is 0 Å². The number of aromatic nitrogens is 4. The van der Waals surface area contributed by atoms with Gasteiger partial charge in [-0.1, -0.05) is 6.07 Å². The fraction of sp³-hybridized carbons (Fsp3) is 0.133. The zero-order chi connectivity index (χ0) is 14.8. The van der Waals surface area contributed by atoms with Crippen molar-refractivity contribution in [1.82, 2.24) is 19.7 Å². The topological polar surface area (TPSA) is 63.6 Å². The molecule has 5 nitrogen and oxygen atoms in total. The van der Waals surface area contributed by atoms with Crippen LogP contribution >= 0.6 is 0 Å². The van der Waals surface area contributed by atoms with Crippen molar-refractivity contribution in [3.05, 3.63) is 76.0 Å². The maximum absolute atomic E-state index is 13.5. The first-order valence-corrected chi connectivity index (χ1v) is 6.47. The van der Waals surface area contributed by atoms with Crippen molar-refractivity contribution in [2.24, 2.45) is 0 Å². The van der Waals surface area contributed by atoms with E-state index in [9.17, 15) is 9.18 Å². The Morgan fingerprint density at radius 2 is 2.00 bits per heavy atom. The fourth-order valence-electron chi connectivity index (χ4n) is 2.20. The molecule has 6 heteroatoms. The van der Waals surface area contributed by atoms with Crippen molar-refractivity contribution in [3.63, 3.8) is 0 Å². The van der Waals surface area contributed by atoms with E-state index >= 15 is 0 Å². The van der Waals surface area contributed by atoms with Crippen molar-refractivity contribution in [2.45, 2.75) is 13.3 Å². The minimum Gasteiger partial charge on any atom is -0.265 e. The molecule has 0 saturated heterocycles. The maximum atomic E-state index is 13.5. The van der Waals surface area contributed by atoms with Crippen LogP contribution in [0.2, 0.25) is 0 Å². The van der Waals surface area contributed by atoms with Crippen LogP contribution in [0.15, 0.2) is 47.5 Å². The lowest BCUT2D eigenvalue weighted by molar-refractivity contribution is 0.625. The lowest BCUT2D eigenvalue weighted by Gasteiger charge is -2.09. The molecule has 0 atom stereocenters. The number of benzene rings is 1. The molecule has 0 amide bonds. The third-order valence-electron chi connectivity index (χ3n) is 3.27. The Kier molecular flexibility index (Phi) is 3.35. The summed E-state index contributed by atoms with van der Waals surface area (Å²) in [5, 5.41) is 6.46. The molecular weight excluding hydrogens is 271 g/mol. The number of rotatable bonds is 3. The van der Waals surface area contributed by atoms with Gasteiger partial charge in [0.15, 0.2) is 0 Å². The number of pyridine rings is 1. The third kappa shape index (κ3) is 2.60. The molecule has 0 saturated carbocycles. The highest BCUT2D eigenvalue weighted by Crippen LogP contribution is 2.16. The van der Waals surface area contributed by atoms with E-state index in [1.165, 1.54) is 16.7 Å². The summed E-state index contributed by atoms with van der Waals surface area (Å²) in [6.07, 6.45) is 3.81. The molecule has 0 bridgehead atoms. The van der Waals surface area contributed by atoms with Gasteiger partial charge in [-0.3, -0.25) is 4.98 Å². The highest BCUT2D eigenvalue weighted by Gasteiger charge is 2.13. The number of aryl methyl sites for hydroxylation is 1. The van der Waals surface area contributed by atoms with Crippen LogP contribution < -0.4 is 5.69 Å². The van der Waals surface area contributed by atoms with E-state index in [1.54, 1.807) is 18.5 Å². The molecule has 0 spiro atoms. The molecule has 21 heavy (non-hydrogen) atoms. The standard InChI is InChI=1S/C15H13FN4O/c1-10-2-3-12(16)9-13(10)20-14(18-19-15(20)21)8-11-4-6-17-7-5-11/h2-7,9H,8H2,1H3,(H,19,21). The molecule has 0 aliphatic carbocycles. The number of hydrogen-bond acceptors (Lipinski definition) is 3. The van der Waals surface area contributed by atoms with E-state index in [2.05, 4.69) is 15.2 Å². The normalized spacial score (nSPS) is 10.8. The van der Waals surface area contributed by atoms with Gasteiger partial charge in [-0.05, 0) is 42.3 Å². The van der Waals surface area contributed by atoms with Gasteiger partial charge in [0.25, 0.3) is 0 Å². The number of H-pyrrole nitrogens is 1. The Labute approximate surface area is 120 Å². The predicted molar refractivity (Wildman–Crippen MR) is 75.9 cm³/mol. The van der Waals surface area contributed by atoms with Gasteiger partial charge >= 0.3 is 5.69 Å². The average Bonchev–Trinajstić information content (AvgIpc) is 2.84. The molecule has 0 fully saturated rings. The summed E-state index contributed by atoms with van der Waals surface area (Å²) in [7, 11) is 0. The average molecular weight is 284 g/mol. The molecule has 3 rings (SSSR count). The van der Waals surface area contributed by atoms with Crippen LogP contribution in [0.5, 0.6) is 0 Å². The molecule has 1 N–H and O–H groups in total. The molecule has 2 aromatic heterocycles. The largest absolute Gasteiger partial charge is 0.347 e. The van der Waals surface area contributed by atoms with E-state index in [4.69, 9.17) is 0 Å². The minimum atomic E-state index is -0.390. The van der Waals surface area contributed by atoms with E-state index < -0.39 is 5.82 Å². The zero-order valence-corrected chi connectivity index (χ0v) is 11.4. The van der Waals surface area contributed by atoms with Gasteiger partial charge < -0.3 is 0 Å². The second kappa shape index (κ2) is 5.32. The maximum Gasteiger partial charge on any atom is 0.347 e. The number of nitrogens with zero attached hydrogens (tertiary/aromatic N) is 3. The van der Waals surface area contributed by atoms with Crippen molar-refractivity contribution in [2.75, 3.05) is 0 Å². The zero-order valence-electron chi connectivity index (χ0n) is 11.4. The summed E-state index contributed by atoms with van der Waals surface area (Å²) in [4.78, 5) is 16.0. The second-order valence-corrected chi connectivity index (χ2v) is 4.74. The fourth-order valence-corrected chi connectivity index (χ4v) is 2.20. The lowest BCUT2D eigenvalue weighted by Crippen LogP contribution is -2.18. The van der Waals surface area contributed by atoms with Crippen LogP contribution in [-0.2, 0) is 6.42 Å². The summed E-state index contributed by atoms with van der Waals surface area (Å²) in [5.74, 6) is 0.137. The Bertz CT molecular complexity index is 823. The molecule has 2 heterocycles. The van der Waals surface area contributed by atoms with E-state index in [-0.39, 0.29) is 5.69 Å². The Morgan fingerprint density at radius 1 is 1.24 bits per heavy atom. The smallest absolute Gasteiger partial charge is 0.265 e. The van der Waals surface area contributed by atoms with Gasteiger partial charge in [-0.25, -0.2) is 18.9 Å². The second-order valence-electron chi connectivity index (χ2n) is 4.74. The summed E-state index contributed by atoms with van der Waals surface area (Å²) in [6.45, 7) is 1.82. The van der Waals surface area contributed by atoms with Gasteiger partial charge in [0.05, 0.1) is 5.69 Å². The van der Waals surface area contributed by atoms with Crippen LogP contribution in [-0.4, -0.2) is 19.7 Å². The molecule has 3 aromatic rings. The van der Waals surface area contributed by atoms with Gasteiger partial charge in [0.1, 0.15) is 11.6 Å². The molecule has 106 valence electrons. The van der Waals surface area contributed by atoms with Crippen LogP contribution in [0.4, 0.5) is 4.39 Å². The molecule has 0 aliphatic heterocycles. The molecule has 1 aromatic carbocycles. The van der Waals surface area contributed by atoms with Crippen molar-refractivity contribution in [1.29, 1.82) is 0 Å². The van der Waals surface area contributed by atoms with Crippen molar-refractivity contribution >= 4 is 0 Å². The van der Waals surface area contributed by atoms with Crippen LogP contribution in [0.3, 0.4) is 0 Å². The Hall–Kier alpha value is -2.76. The summed E-state index contributed by atoms with van der Waals surface area (Å²) >= 11 is 0. The molecule has 0 aliphatic rings. The highest BCUT2D eigenvalue weighted by atomic mass is 19.1. The molecule has 0 radical (unpaired) electrons. The first-order chi connectivity index (χ1) is 10.1. The van der Waals surface area contributed by atoms with Gasteiger partial charge in [0.2, 0.25) is 0 Å². The Balaban J connectivity index is 2.09. The van der Waals surface area contributed by atoms with Crippen molar-refractivity contribution in [3.8, 4) is 5.69 Å². The summed E-state index contributed by atoms with van der Waals surface area (Å²) in [6, 6.07) is 8.04. The highest BCUT2D eigenvalue weighted by molar-refractivity contribution is 5.41. The molecular formula is C15H13FN4O. The van der Waals surface area contributed by atoms with Crippen molar-refractivity contribution < 1.29 is 4.39 Å². The first kappa shape index (κ1) is 13.2. The minimum absolute atomic E-state index is 0.382. The van der Waals surface area contributed by atoms with E-state index in [1.807, 2.05) is 19.1 Å². The number of nitrogens with one attached hydrogen (secondary N) is 1. The number of aromatic amines is 1. The summed E-state index contributed by atoms with van der Waals surface area (Å²) in [5.41, 5.74) is 1.89. The van der Waals surface area contributed by atoms with Crippen LogP contribution in [0.1, 0.15) is 17.0 Å². The quantitative estimate of drug-likeness (QED) is 0.800. The third-order valence-corrected chi connectivity index (χ3v) is 3.27. The molecule has 0 unspecified atom stereocenters. The summed E-state index contributed by atoms with van der Waals surface area (Å²) < 4.78 is 14.9. The first-order valence-electron chi connectivity index (χ1n) is 6.47. The van der Waals surface area contributed by atoms with Gasteiger partial charge in [0, 0.05) is 18.8 Å². The number of hydrogen-bond donors (Lipinski definition) is 1. The van der Waals surface area contributed by atoms with Crippen LogP contribution in [0.25, 0.3) is 5.69 Å². The van der Waals surface area contributed by atoms with E-state index in [0.29, 0.717) is 17.9 Å². The van der Waals surface area contributed by atoms with Crippen LogP contribution in [0, 0.1) is 12.7 Å². The number of halogens is 1. The lowest BCUT2D eigenvalue weighted by atomic mass is 10.1. The Morgan fingerprint density at radius 3 is 2.76 bits per heavy atom. The predicted octanol–water partition coefficient (Wildman–Crippen LogP) is 1.99. The van der Waals surface area contributed by atoms with Gasteiger partial charge in [-0.2, -0.15) is 5.10 Å². The van der Waals surface area contributed by atoms with E-state index in [0.717, 1.165) is 11.1 Å².